The molecule has 4 heteroatoms. The zero-order chi connectivity index (χ0) is 52.8. The first kappa shape index (κ1) is 48.1. The summed E-state index contributed by atoms with van der Waals surface area (Å²) in [5.41, 5.74) is 20.6. The van der Waals surface area contributed by atoms with Crippen molar-refractivity contribution >= 4 is 76.6 Å². The van der Waals surface area contributed by atoms with E-state index in [1.165, 1.54) is 78.4 Å². The van der Waals surface area contributed by atoms with Gasteiger partial charge in [-0.25, -0.2) is 9.59 Å². The molecule has 0 amide bonds. The van der Waals surface area contributed by atoms with Crippen molar-refractivity contribution in [3.05, 3.63) is 231 Å². The number of hydrogen-bond acceptors (Lipinski definition) is 4. The summed E-state index contributed by atoms with van der Waals surface area (Å²) in [4.78, 5) is 26.6. The van der Waals surface area contributed by atoms with Gasteiger partial charge in [0.1, 0.15) is 5.75 Å². The average Bonchev–Trinajstić information content (AvgIpc) is 3.39. The second-order valence-corrected chi connectivity index (χ2v) is 21.3. The zero-order valence-corrected chi connectivity index (χ0v) is 44.8. The smallest absolute Gasteiger partial charge is 0.343 e. The average molecular weight is 987 g/mol. The van der Waals surface area contributed by atoms with E-state index in [0.29, 0.717) is 16.9 Å². The normalized spacial score (nSPS) is 11.7. The summed E-state index contributed by atoms with van der Waals surface area (Å²) in [6.07, 6.45) is 0. The number of benzene rings is 12. The van der Waals surface area contributed by atoms with E-state index in [2.05, 4.69) is 171 Å². The van der Waals surface area contributed by atoms with E-state index in [1.54, 1.807) is 0 Å². The first-order valence-electron chi connectivity index (χ1n) is 26.1. The minimum absolute atomic E-state index is 0.363. The molecule has 12 rings (SSSR count). The monoisotopic (exact) mass is 986 g/mol. The third-order valence-corrected chi connectivity index (χ3v) is 15.6. The minimum atomic E-state index is -0.412. The van der Waals surface area contributed by atoms with Crippen molar-refractivity contribution in [2.75, 3.05) is 7.11 Å². The van der Waals surface area contributed by atoms with Crippen LogP contribution in [-0.4, -0.2) is 19.0 Å². The lowest BCUT2D eigenvalue weighted by atomic mass is 9.81. The van der Waals surface area contributed by atoms with Crippen LogP contribution in [0.1, 0.15) is 70.8 Å². The summed E-state index contributed by atoms with van der Waals surface area (Å²) in [7, 11) is 1.40. The Hall–Kier alpha value is -8.86. The van der Waals surface area contributed by atoms with Crippen LogP contribution in [0.5, 0.6) is 5.75 Å². The van der Waals surface area contributed by atoms with Gasteiger partial charge in [-0.15, -0.1) is 0 Å². The highest BCUT2D eigenvalue weighted by Gasteiger charge is 2.23. The molecule has 0 spiro atoms. The Labute approximate surface area is 444 Å². The summed E-state index contributed by atoms with van der Waals surface area (Å²) in [5.74, 6) is -0.242. The van der Waals surface area contributed by atoms with Gasteiger partial charge >= 0.3 is 11.9 Å². The molecular weight excluding hydrogens is 929 g/mol. The van der Waals surface area contributed by atoms with Crippen LogP contribution < -0.4 is 4.74 Å². The van der Waals surface area contributed by atoms with Crippen molar-refractivity contribution in [3.63, 3.8) is 0 Å². The first-order chi connectivity index (χ1) is 36.6. The van der Waals surface area contributed by atoms with Gasteiger partial charge < -0.3 is 9.47 Å². The highest BCUT2D eigenvalue weighted by atomic mass is 16.5. The molecule has 0 saturated carbocycles. The molecule has 0 radical (unpaired) electrons. The van der Waals surface area contributed by atoms with E-state index in [1.807, 2.05) is 61.5 Å². The number of hydrogen-bond donors (Lipinski definition) is 0. The maximum Gasteiger partial charge on any atom is 0.343 e. The molecule has 0 N–H and O–H groups in total. The van der Waals surface area contributed by atoms with E-state index in [-0.39, 0.29) is 5.97 Å². The third kappa shape index (κ3) is 8.17. The van der Waals surface area contributed by atoms with Gasteiger partial charge in [-0.05, 0) is 242 Å². The van der Waals surface area contributed by atoms with Crippen LogP contribution in [0.2, 0.25) is 0 Å². The molecule has 0 heterocycles. The van der Waals surface area contributed by atoms with Crippen LogP contribution in [0.25, 0.3) is 109 Å². The highest BCUT2D eigenvalue weighted by Crippen LogP contribution is 2.48. The molecule has 0 fully saturated rings. The SMILES string of the molecule is COC(=O)c1ccc(-c2c3cc(C)cc(C)c3c(-c3ccc(C(=O)Oc4cc5ccc(-c6c7ccc(C)cc7c(-c7ccc8cc(C)cc(C)c8c7)c7ccc(C)cc67)cc5cc4C)cc3)c3cc(C)cc(C)c23)cc1. The summed E-state index contributed by atoms with van der Waals surface area (Å²) in [5, 5.41) is 14.1. The molecule has 370 valence electrons. The van der Waals surface area contributed by atoms with Gasteiger partial charge in [-0.2, -0.15) is 0 Å². The van der Waals surface area contributed by atoms with Crippen molar-refractivity contribution in [1.29, 1.82) is 0 Å². The molecule has 0 unspecified atom stereocenters. The fourth-order valence-corrected chi connectivity index (χ4v) is 12.3. The molecule has 0 aliphatic carbocycles. The zero-order valence-electron chi connectivity index (χ0n) is 44.8. The lowest BCUT2D eigenvalue weighted by molar-refractivity contribution is 0.0600. The minimum Gasteiger partial charge on any atom is -0.465 e. The highest BCUT2D eigenvalue weighted by molar-refractivity contribution is 6.24. The van der Waals surface area contributed by atoms with E-state index in [4.69, 9.17) is 9.47 Å². The third-order valence-electron chi connectivity index (χ3n) is 15.6. The van der Waals surface area contributed by atoms with Crippen LogP contribution in [0.15, 0.2) is 170 Å². The van der Waals surface area contributed by atoms with Crippen molar-refractivity contribution in [2.24, 2.45) is 0 Å². The fraction of sp³-hybridized carbons (Fsp3) is 0.139. The lowest BCUT2D eigenvalue weighted by Gasteiger charge is -2.22. The first-order valence-corrected chi connectivity index (χ1v) is 26.1. The number of ether oxygens (including phenoxy) is 2. The molecule has 0 aliphatic heterocycles. The molecule has 12 aromatic carbocycles. The quantitative estimate of drug-likeness (QED) is 0.0907. The Bertz CT molecular complexity index is 4460. The predicted molar refractivity (Wildman–Crippen MR) is 319 cm³/mol. The number of esters is 2. The molecule has 0 bridgehead atoms. The van der Waals surface area contributed by atoms with Gasteiger partial charge in [0.05, 0.1) is 18.2 Å². The second-order valence-electron chi connectivity index (χ2n) is 21.3. The van der Waals surface area contributed by atoms with Crippen LogP contribution >= 0.6 is 0 Å². The van der Waals surface area contributed by atoms with E-state index in [0.717, 1.165) is 88.0 Å². The number of methoxy groups -OCH3 is 1. The second kappa shape index (κ2) is 18.5. The number of rotatable bonds is 7. The van der Waals surface area contributed by atoms with Gasteiger partial charge in [-0.1, -0.05) is 149 Å². The van der Waals surface area contributed by atoms with E-state index < -0.39 is 5.97 Å². The van der Waals surface area contributed by atoms with Gasteiger partial charge in [0.25, 0.3) is 0 Å². The Morgan fingerprint density at radius 3 is 1.30 bits per heavy atom. The maximum atomic E-state index is 14.2. The number of carbonyl (C=O) groups excluding carboxylic acids is 2. The van der Waals surface area contributed by atoms with Gasteiger partial charge in [-0.3, -0.25) is 0 Å². The molecular formula is C72H58O4. The van der Waals surface area contributed by atoms with Crippen LogP contribution in [0, 0.1) is 62.3 Å². The molecule has 12 aromatic rings. The van der Waals surface area contributed by atoms with Crippen LogP contribution in [-0.2, 0) is 4.74 Å². The number of fused-ring (bicyclic) bond motifs is 6. The Morgan fingerprint density at radius 2 is 0.763 bits per heavy atom. The Kier molecular flexibility index (Phi) is 11.7. The predicted octanol–water partition coefficient (Wildman–Crippen LogP) is 19.1. The summed E-state index contributed by atoms with van der Waals surface area (Å²) >= 11 is 0. The summed E-state index contributed by atoms with van der Waals surface area (Å²) in [6.45, 7) is 19.4. The molecule has 0 aliphatic rings. The number of carbonyl (C=O) groups is 2. The maximum absolute atomic E-state index is 14.2. The van der Waals surface area contributed by atoms with Crippen molar-refractivity contribution in [1.82, 2.24) is 0 Å². The fourth-order valence-electron chi connectivity index (χ4n) is 12.3. The largest absolute Gasteiger partial charge is 0.465 e. The van der Waals surface area contributed by atoms with Gasteiger partial charge in [0.2, 0.25) is 0 Å². The van der Waals surface area contributed by atoms with Crippen molar-refractivity contribution in [2.45, 2.75) is 62.3 Å². The molecule has 4 nitrogen and oxygen atoms in total. The van der Waals surface area contributed by atoms with E-state index >= 15 is 0 Å². The summed E-state index contributed by atoms with van der Waals surface area (Å²) < 4.78 is 11.3. The van der Waals surface area contributed by atoms with E-state index in [9.17, 15) is 9.59 Å². The summed E-state index contributed by atoms with van der Waals surface area (Å²) in [6, 6.07) is 60.6. The molecule has 76 heavy (non-hydrogen) atoms. The van der Waals surface area contributed by atoms with Crippen LogP contribution in [0.3, 0.4) is 0 Å². The standard InChI is InChI=1S/C72H58O4/c1-39-12-26-58-60(31-39)67(57-25-11-40(2)32-61(57)68(58)55-24-22-53-30-41(3)27-44(6)59(53)37-55)54-23-21-52-38-64(45(7)35-56(52)36-54)76-72(74)51-19-15-49(16-20-51)70-63-34-43(5)28-46(8)65(63)69(62-33-42(4)29-47(9)66(62)70)48-13-17-50(18-14-48)71(73)75-10/h11-38H,1-10H3. The topological polar surface area (TPSA) is 52.6 Å². The Balaban J connectivity index is 0.905. The van der Waals surface area contributed by atoms with Crippen molar-refractivity contribution < 1.29 is 19.1 Å². The molecule has 0 aromatic heterocycles. The number of aryl methyl sites for hydroxylation is 9. The molecule has 0 atom stereocenters. The Morgan fingerprint density at radius 1 is 0.303 bits per heavy atom. The van der Waals surface area contributed by atoms with Gasteiger partial charge in [0, 0.05) is 0 Å². The van der Waals surface area contributed by atoms with Gasteiger partial charge in [0.15, 0.2) is 0 Å². The van der Waals surface area contributed by atoms with Crippen molar-refractivity contribution in [3.8, 4) is 50.3 Å². The lowest BCUT2D eigenvalue weighted by Crippen LogP contribution is -2.09. The molecule has 0 saturated heterocycles. The van der Waals surface area contributed by atoms with Crippen LogP contribution in [0.4, 0.5) is 0 Å².